The third-order valence-electron chi connectivity index (χ3n) is 3.82. The lowest BCUT2D eigenvalue weighted by Crippen LogP contribution is -2.32. The summed E-state index contributed by atoms with van der Waals surface area (Å²) in [6.07, 6.45) is 0. The average molecular weight is 308 g/mol. The van der Waals surface area contributed by atoms with Crippen molar-refractivity contribution in [2.45, 2.75) is 25.7 Å². The molecule has 0 saturated heterocycles. The molecule has 1 amide bonds. The highest BCUT2D eigenvalue weighted by Crippen LogP contribution is 2.39. The van der Waals surface area contributed by atoms with Gasteiger partial charge in [0.05, 0.1) is 10.6 Å². The summed E-state index contributed by atoms with van der Waals surface area (Å²) in [6.45, 7) is 6.69. The Morgan fingerprint density at radius 2 is 1.76 bits per heavy atom. The molecule has 0 radical (unpaired) electrons. The Hall–Kier alpha value is -1.82. The third-order valence-corrected chi connectivity index (χ3v) is 5.64. The minimum absolute atomic E-state index is 0.131. The first-order valence-electron chi connectivity index (χ1n) is 6.94. The van der Waals surface area contributed by atoms with E-state index in [0.29, 0.717) is 29.9 Å². The number of nitrogens with zero attached hydrogens (tertiary/aromatic N) is 2. The van der Waals surface area contributed by atoms with Crippen LogP contribution in [0.4, 0.5) is 0 Å². The van der Waals surface area contributed by atoms with Crippen LogP contribution in [0.2, 0.25) is 0 Å². The SMILES string of the molecule is CCN(CC)C(=O)/C(C)=C1/c2ccccc2S(=O)(=O)N1C. The van der Waals surface area contributed by atoms with Crippen LogP contribution in [0.25, 0.3) is 5.70 Å². The van der Waals surface area contributed by atoms with E-state index in [1.807, 2.05) is 13.8 Å². The van der Waals surface area contributed by atoms with E-state index in [0.717, 1.165) is 0 Å². The zero-order valence-electron chi connectivity index (χ0n) is 12.8. The van der Waals surface area contributed by atoms with Crippen LogP contribution < -0.4 is 0 Å². The monoisotopic (exact) mass is 308 g/mol. The number of sulfonamides is 1. The molecule has 21 heavy (non-hydrogen) atoms. The molecule has 1 heterocycles. The molecule has 0 N–H and O–H groups in total. The van der Waals surface area contributed by atoms with Crippen LogP contribution >= 0.6 is 0 Å². The summed E-state index contributed by atoms with van der Waals surface area (Å²) in [5.74, 6) is -0.131. The quantitative estimate of drug-likeness (QED) is 0.802. The van der Waals surface area contributed by atoms with Crippen LogP contribution in [0.1, 0.15) is 26.3 Å². The maximum absolute atomic E-state index is 12.5. The lowest BCUT2D eigenvalue weighted by molar-refractivity contribution is -0.126. The molecule has 114 valence electrons. The molecule has 5 nitrogen and oxygen atoms in total. The normalized spacial score (nSPS) is 18.4. The van der Waals surface area contributed by atoms with Crippen molar-refractivity contribution < 1.29 is 13.2 Å². The van der Waals surface area contributed by atoms with Gasteiger partial charge in [-0.1, -0.05) is 18.2 Å². The first-order valence-corrected chi connectivity index (χ1v) is 8.38. The second kappa shape index (κ2) is 5.52. The lowest BCUT2D eigenvalue weighted by atomic mass is 10.1. The van der Waals surface area contributed by atoms with Crippen LogP contribution in [0.3, 0.4) is 0 Å². The molecule has 0 aliphatic carbocycles. The van der Waals surface area contributed by atoms with Crippen LogP contribution in [0, 0.1) is 0 Å². The molecule has 0 fully saturated rings. The van der Waals surface area contributed by atoms with Crippen molar-refractivity contribution in [2.24, 2.45) is 0 Å². The molecule has 1 aromatic rings. The van der Waals surface area contributed by atoms with Gasteiger partial charge in [-0.05, 0) is 26.8 Å². The van der Waals surface area contributed by atoms with Crippen LogP contribution in [0.5, 0.6) is 0 Å². The average Bonchev–Trinajstić information content (AvgIpc) is 2.67. The second-order valence-electron chi connectivity index (χ2n) is 4.92. The zero-order chi connectivity index (χ0) is 15.8. The van der Waals surface area contributed by atoms with Crippen molar-refractivity contribution in [1.82, 2.24) is 9.21 Å². The number of fused-ring (bicyclic) bond motifs is 1. The molecule has 0 atom stereocenters. The van der Waals surface area contributed by atoms with Crippen molar-refractivity contribution in [1.29, 1.82) is 0 Å². The van der Waals surface area contributed by atoms with E-state index in [2.05, 4.69) is 0 Å². The zero-order valence-corrected chi connectivity index (χ0v) is 13.6. The summed E-state index contributed by atoms with van der Waals surface area (Å²) in [4.78, 5) is 14.4. The molecule has 1 aliphatic rings. The van der Waals surface area contributed by atoms with Crippen LogP contribution in [-0.2, 0) is 14.8 Å². The molecule has 0 bridgehead atoms. The summed E-state index contributed by atoms with van der Waals surface area (Å²) in [5.41, 5.74) is 1.52. The van der Waals surface area contributed by atoms with Gasteiger partial charge in [-0.2, -0.15) is 0 Å². The number of amides is 1. The Labute approximate surface area is 125 Å². The standard InChI is InChI=1S/C15H20N2O3S/c1-5-17(6-2)15(18)11(3)14-12-9-7-8-10-13(12)21(19,20)16(14)4/h7-10H,5-6H2,1-4H3/b14-11-. The number of carbonyl (C=O) groups is 1. The third kappa shape index (κ3) is 2.33. The summed E-state index contributed by atoms with van der Waals surface area (Å²) in [6, 6.07) is 6.78. The molecule has 1 aliphatic heterocycles. The van der Waals surface area contributed by atoms with Gasteiger partial charge in [0.25, 0.3) is 15.9 Å². The van der Waals surface area contributed by atoms with Gasteiger partial charge in [0.15, 0.2) is 0 Å². The first kappa shape index (κ1) is 15.6. The lowest BCUT2D eigenvalue weighted by Gasteiger charge is -2.22. The summed E-state index contributed by atoms with van der Waals surface area (Å²) in [7, 11) is -2.06. The number of hydrogen-bond donors (Lipinski definition) is 0. The molecule has 0 aromatic heterocycles. The van der Waals surface area contributed by atoms with Gasteiger partial charge in [0.1, 0.15) is 0 Å². The first-order chi connectivity index (χ1) is 9.86. The van der Waals surface area contributed by atoms with Gasteiger partial charge in [0.2, 0.25) is 0 Å². The molecular weight excluding hydrogens is 288 g/mol. The topological polar surface area (TPSA) is 57.7 Å². The summed E-state index contributed by atoms with van der Waals surface area (Å²) >= 11 is 0. The number of benzene rings is 1. The summed E-state index contributed by atoms with van der Waals surface area (Å²) in [5, 5.41) is 0. The number of rotatable bonds is 3. The fourth-order valence-electron chi connectivity index (χ4n) is 2.61. The maximum Gasteiger partial charge on any atom is 0.264 e. The van der Waals surface area contributed by atoms with Gasteiger partial charge in [0, 0.05) is 31.3 Å². The van der Waals surface area contributed by atoms with E-state index < -0.39 is 10.0 Å². The minimum atomic E-state index is -3.55. The number of carbonyl (C=O) groups excluding carboxylic acids is 1. The molecule has 0 saturated carbocycles. The van der Waals surface area contributed by atoms with E-state index in [1.54, 1.807) is 36.1 Å². The highest BCUT2D eigenvalue weighted by atomic mass is 32.2. The van der Waals surface area contributed by atoms with Crippen molar-refractivity contribution >= 4 is 21.6 Å². The fraction of sp³-hybridized carbons (Fsp3) is 0.400. The van der Waals surface area contributed by atoms with E-state index in [1.165, 1.54) is 11.4 Å². The molecule has 2 rings (SSSR count). The minimum Gasteiger partial charge on any atom is -0.339 e. The largest absolute Gasteiger partial charge is 0.339 e. The van der Waals surface area contributed by atoms with Crippen molar-refractivity contribution in [3.8, 4) is 0 Å². The second-order valence-corrected chi connectivity index (χ2v) is 6.86. The Kier molecular flexibility index (Phi) is 4.09. The molecule has 6 heteroatoms. The van der Waals surface area contributed by atoms with Gasteiger partial charge < -0.3 is 4.90 Å². The number of likely N-dealkylation sites (N-methyl/N-ethyl adjacent to an activating group) is 1. The highest BCUT2D eigenvalue weighted by Gasteiger charge is 2.37. The predicted octanol–water partition coefficient (Wildman–Crippen LogP) is 1.92. The van der Waals surface area contributed by atoms with E-state index in [4.69, 9.17) is 0 Å². The van der Waals surface area contributed by atoms with E-state index >= 15 is 0 Å². The smallest absolute Gasteiger partial charge is 0.264 e. The highest BCUT2D eigenvalue weighted by molar-refractivity contribution is 7.90. The van der Waals surface area contributed by atoms with Gasteiger partial charge in [-0.3, -0.25) is 9.10 Å². The predicted molar refractivity (Wildman–Crippen MR) is 81.9 cm³/mol. The summed E-state index contributed by atoms with van der Waals surface area (Å²) < 4.78 is 26.0. The van der Waals surface area contributed by atoms with E-state index in [-0.39, 0.29) is 10.8 Å². The molecule has 0 spiro atoms. The van der Waals surface area contributed by atoms with Gasteiger partial charge >= 0.3 is 0 Å². The van der Waals surface area contributed by atoms with E-state index in [9.17, 15) is 13.2 Å². The van der Waals surface area contributed by atoms with Crippen LogP contribution in [0.15, 0.2) is 34.7 Å². The Bertz CT molecular complexity index is 703. The van der Waals surface area contributed by atoms with Crippen molar-refractivity contribution in [3.05, 3.63) is 35.4 Å². The number of hydrogen-bond acceptors (Lipinski definition) is 3. The Morgan fingerprint density at radius 1 is 1.19 bits per heavy atom. The van der Waals surface area contributed by atoms with Crippen LogP contribution in [-0.4, -0.2) is 43.7 Å². The van der Waals surface area contributed by atoms with Gasteiger partial charge in [-0.25, -0.2) is 8.42 Å². The van der Waals surface area contributed by atoms with Gasteiger partial charge in [-0.15, -0.1) is 0 Å². The maximum atomic E-state index is 12.5. The fourth-order valence-corrected chi connectivity index (χ4v) is 4.08. The van der Waals surface area contributed by atoms with Crippen molar-refractivity contribution in [2.75, 3.05) is 20.1 Å². The van der Waals surface area contributed by atoms with Crippen molar-refractivity contribution in [3.63, 3.8) is 0 Å². The molecule has 0 unspecified atom stereocenters. The Morgan fingerprint density at radius 3 is 2.33 bits per heavy atom. The molecular formula is C15H20N2O3S. The molecule has 1 aromatic carbocycles. The Balaban J connectivity index is 2.64.